The molecular weight excluding hydrogens is 523 g/mol. The van der Waals surface area contributed by atoms with Gasteiger partial charge in [-0.1, -0.05) is 12.8 Å². The summed E-state index contributed by atoms with van der Waals surface area (Å²) in [6.45, 7) is 6.14. The van der Waals surface area contributed by atoms with Gasteiger partial charge in [-0.3, -0.25) is 9.79 Å². The van der Waals surface area contributed by atoms with Gasteiger partial charge in [-0.2, -0.15) is 4.98 Å². The van der Waals surface area contributed by atoms with Crippen LogP contribution in [0.3, 0.4) is 0 Å². The fraction of sp³-hybridized carbons (Fsp3) is 0.600. The van der Waals surface area contributed by atoms with E-state index in [1.807, 2.05) is 20.0 Å². The van der Waals surface area contributed by atoms with Gasteiger partial charge in [-0.05, 0) is 77.9 Å². The molecule has 1 amide bonds. The normalized spacial score (nSPS) is 23.4. The fourth-order valence-corrected chi connectivity index (χ4v) is 6.22. The molecule has 2 N–H and O–H groups in total. The molecule has 0 bridgehead atoms. The molecule has 1 saturated carbocycles. The zero-order chi connectivity index (χ0) is 29.1. The van der Waals surface area contributed by atoms with Crippen molar-refractivity contribution >= 4 is 34.9 Å². The van der Waals surface area contributed by atoms with Gasteiger partial charge in [-0.15, -0.1) is 0 Å². The van der Waals surface area contributed by atoms with E-state index in [-0.39, 0.29) is 24.5 Å². The van der Waals surface area contributed by atoms with Crippen LogP contribution in [0.5, 0.6) is 5.75 Å². The van der Waals surface area contributed by atoms with Crippen molar-refractivity contribution in [1.82, 2.24) is 20.2 Å². The molecule has 2 fully saturated rings. The first-order chi connectivity index (χ1) is 19.7. The van der Waals surface area contributed by atoms with Gasteiger partial charge in [0.2, 0.25) is 5.95 Å². The summed E-state index contributed by atoms with van der Waals surface area (Å²) in [6.07, 6.45) is 7.86. The summed E-state index contributed by atoms with van der Waals surface area (Å²) >= 11 is 0. The summed E-state index contributed by atoms with van der Waals surface area (Å²) in [5, 5.41) is 6.43. The molecule has 2 aliphatic heterocycles. The molecule has 1 aromatic heterocycles. The molecule has 1 saturated heterocycles. The highest BCUT2D eigenvalue weighted by Crippen LogP contribution is 2.40. The van der Waals surface area contributed by atoms with Crippen molar-refractivity contribution in [2.75, 3.05) is 62.5 Å². The third-order valence-corrected chi connectivity index (χ3v) is 8.47. The molecule has 41 heavy (non-hydrogen) atoms. The molecular formula is C30H43FN8O2. The van der Waals surface area contributed by atoms with Gasteiger partial charge in [0.25, 0.3) is 5.91 Å². The highest BCUT2D eigenvalue weighted by atomic mass is 19.1. The Labute approximate surface area is 242 Å². The van der Waals surface area contributed by atoms with Crippen LogP contribution in [0.2, 0.25) is 0 Å². The van der Waals surface area contributed by atoms with Crippen molar-refractivity contribution in [2.45, 2.75) is 70.1 Å². The Morgan fingerprint density at radius 3 is 2.61 bits per heavy atom. The predicted molar refractivity (Wildman–Crippen MR) is 162 cm³/mol. The minimum absolute atomic E-state index is 0.111. The lowest BCUT2D eigenvalue weighted by Crippen LogP contribution is -2.49. The van der Waals surface area contributed by atoms with Gasteiger partial charge in [0.1, 0.15) is 17.3 Å². The molecule has 1 aromatic carbocycles. The number of piperidine rings is 1. The number of carbonyl (C=O) groups is 1. The molecule has 1 unspecified atom stereocenters. The molecule has 3 aliphatic rings. The first kappa shape index (κ1) is 29.0. The monoisotopic (exact) mass is 566 g/mol. The van der Waals surface area contributed by atoms with Gasteiger partial charge >= 0.3 is 0 Å². The van der Waals surface area contributed by atoms with Crippen LogP contribution in [0.25, 0.3) is 0 Å². The molecule has 1 aliphatic carbocycles. The zero-order valence-corrected chi connectivity index (χ0v) is 24.9. The summed E-state index contributed by atoms with van der Waals surface area (Å²) in [6, 6.07) is 5.70. The number of fused-ring (bicyclic) bond motifs is 1. The number of anilines is 4. The number of hydrogen-bond donors (Lipinski definition) is 2. The van der Waals surface area contributed by atoms with Crippen LogP contribution in [0.1, 0.15) is 62.7 Å². The second-order valence-electron chi connectivity index (χ2n) is 11.6. The number of carbonyl (C=O) groups excluding carboxylic acids is 1. The second-order valence-corrected chi connectivity index (χ2v) is 11.6. The number of amidine groups is 1. The molecule has 2 aromatic rings. The number of alkyl halides is 1. The van der Waals surface area contributed by atoms with E-state index in [0.717, 1.165) is 57.3 Å². The number of aromatic nitrogens is 2. The van der Waals surface area contributed by atoms with Crippen molar-refractivity contribution in [3.63, 3.8) is 0 Å². The first-order valence-corrected chi connectivity index (χ1v) is 14.8. The van der Waals surface area contributed by atoms with Gasteiger partial charge in [0.05, 0.1) is 25.5 Å². The Hall–Kier alpha value is -3.47. The lowest BCUT2D eigenvalue weighted by Gasteiger charge is -2.33. The van der Waals surface area contributed by atoms with E-state index in [2.05, 4.69) is 37.5 Å². The van der Waals surface area contributed by atoms with Crippen molar-refractivity contribution in [2.24, 2.45) is 4.99 Å². The number of rotatable bonds is 7. The van der Waals surface area contributed by atoms with Crippen LogP contribution in [0.4, 0.5) is 27.5 Å². The Morgan fingerprint density at radius 2 is 1.93 bits per heavy atom. The lowest BCUT2D eigenvalue weighted by molar-refractivity contribution is 0.0916. The smallest absolute Gasteiger partial charge is 0.251 e. The van der Waals surface area contributed by atoms with Crippen molar-refractivity contribution in [3.8, 4) is 5.75 Å². The number of aliphatic imine (C=N–C) groups is 1. The zero-order valence-electron chi connectivity index (χ0n) is 24.9. The number of hydrogen-bond acceptors (Lipinski definition) is 8. The van der Waals surface area contributed by atoms with E-state index >= 15 is 4.39 Å². The number of methoxy groups -OCH3 is 1. The number of ether oxygens (including phenoxy) is 1. The highest BCUT2D eigenvalue weighted by Gasteiger charge is 2.43. The van der Waals surface area contributed by atoms with Crippen molar-refractivity contribution < 1.29 is 13.9 Å². The number of amides is 1. The molecule has 10 nitrogen and oxygen atoms in total. The molecule has 0 radical (unpaired) electrons. The van der Waals surface area contributed by atoms with E-state index < -0.39 is 5.67 Å². The Balaban J connectivity index is 1.41. The number of halogens is 1. The fourth-order valence-electron chi connectivity index (χ4n) is 6.22. The number of benzene rings is 1. The molecule has 0 spiro atoms. The summed E-state index contributed by atoms with van der Waals surface area (Å²) in [5.41, 5.74) is 0.257. The van der Waals surface area contributed by atoms with Crippen molar-refractivity contribution in [3.05, 3.63) is 30.0 Å². The first-order valence-electron chi connectivity index (χ1n) is 14.8. The highest BCUT2D eigenvalue weighted by molar-refractivity contribution is 6.06. The van der Waals surface area contributed by atoms with Gasteiger partial charge < -0.3 is 30.1 Å². The van der Waals surface area contributed by atoms with Gasteiger partial charge in [0, 0.05) is 31.2 Å². The SMILES string of the molecule is CCN=C1N(C)c2cnc(Nc3ccc(C(=O)NC4CCN(C)CC4)cc3OC)nc2N(C2CCCC2)CC1(C)F. The summed E-state index contributed by atoms with van der Waals surface area (Å²) in [7, 11) is 5.51. The van der Waals surface area contributed by atoms with Crippen LogP contribution in [0, 0.1) is 0 Å². The molecule has 3 heterocycles. The lowest BCUT2D eigenvalue weighted by atomic mass is 10.0. The maximum atomic E-state index is 16.2. The summed E-state index contributed by atoms with van der Waals surface area (Å²) < 4.78 is 21.8. The third kappa shape index (κ3) is 6.24. The molecule has 1 atom stereocenters. The standard InChI is InChI=1S/C30H43FN8O2/c1-6-32-28-30(2,31)19-39(22-9-7-8-10-22)26-24(38(28)4)18-33-29(36-26)35-23-12-11-20(17-25(23)41-5)27(40)34-21-13-15-37(3)16-14-21/h11-12,17-18,21-22H,6-10,13-16,19H2,1-5H3,(H,34,40)(H,33,35,36). The summed E-state index contributed by atoms with van der Waals surface area (Å²) in [5.74, 6) is 1.85. The number of nitrogens with zero attached hydrogens (tertiary/aromatic N) is 6. The van der Waals surface area contributed by atoms with Crippen LogP contribution >= 0.6 is 0 Å². The molecule has 11 heteroatoms. The largest absolute Gasteiger partial charge is 0.495 e. The third-order valence-electron chi connectivity index (χ3n) is 8.47. The maximum absolute atomic E-state index is 16.2. The average molecular weight is 567 g/mol. The van der Waals surface area contributed by atoms with Crippen molar-refractivity contribution in [1.29, 1.82) is 0 Å². The van der Waals surface area contributed by atoms with E-state index in [1.54, 1.807) is 37.3 Å². The second kappa shape index (κ2) is 12.2. The van der Waals surface area contributed by atoms with Gasteiger partial charge in [0.15, 0.2) is 11.5 Å². The minimum Gasteiger partial charge on any atom is -0.495 e. The van der Waals surface area contributed by atoms with Crippen LogP contribution < -0.4 is 25.2 Å². The molecule has 222 valence electrons. The number of likely N-dealkylation sites (tertiary alicyclic amines) is 1. The molecule has 5 rings (SSSR count). The maximum Gasteiger partial charge on any atom is 0.251 e. The van der Waals surface area contributed by atoms with Crippen LogP contribution in [-0.2, 0) is 0 Å². The van der Waals surface area contributed by atoms with E-state index in [9.17, 15) is 4.79 Å². The van der Waals surface area contributed by atoms with E-state index in [0.29, 0.717) is 41.1 Å². The topological polar surface area (TPSA) is 98.2 Å². The Morgan fingerprint density at radius 1 is 1.20 bits per heavy atom. The number of nitrogens with one attached hydrogen (secondary N) is 2. The predicted octanol–water partition coefficient (Wildman–Crippen LogP) is 4.40. The quantitative estimate of drug-likeness (QED) is 0.509. The Kier molecular flexibility index (Phi) is 8.63. The van der Waals surface area contributed by atoms with E-state index in [4.69, 9.17) is 9.72 Å². The minimum atomic E-state index is -1.64. The van der Waals surface area contributed by atoms with Gasteiger partial charge in [-0.25, -0.2) is 9.37 Å². The summed E-state index contributed by atoms with van der Waals surface area (Å²) in [4.78, 5) is 33.2. The average Bonchev–Trinajstić information content (AvgIpc) is 3.48. The van der Waals surface area contributed by atoms with Crippen LogP contribution in [-0.4, -0.2) is 91.7 Å². The Bertz CT molecular complexity index is 1270. The van der Waals surface area contributed by atoms with Crippen LogP contribution in [0.15, 0.2) is 29.4 Å². The van der Waals surface area contributed by atoms with E-state index in [1.165, 1.54) is 0 Å².